The second-order valence-corrected chi connectivity index (χ2v) is 12.6. The Morgan fingerprint density at radius 3 is 2.46 bits per heavy atom. The summed E-state index contributed by atoms with van der Waals surface area (Å²) < 4.78 is 54.4. The van der Waals surface area contributed by atoms with Crippen LogP contribution in [0, 0.1) is 11.6 Å². The molecule has 1 fully saturated rings. The zero-order chi connectivity index (χ0) is 28.3. The van der Waals surface area contributed by atoms with Crippen molar-refractivity contribution < 1.29 is 27.1 Å². The van der Waals surface area contributed by atoms with Gasteiger partial charge in [-0.05, 0) is 18.6 Å². The third-order valence-corrected chi connectivity index (χ3v) is 9.66. The minimum Gasteiger partial charge on any atom is -0.502 e. The maximum absolute atomic E-state index is 14.1. The van der Waals surface area contributed by atoms with Gasteiger partial charge in [-0.2, -0.15) is 0 Å². The van der Waals surface area contributed by atoms with E-state index < -0.39 is 44.4 Å². The predicted molar refractivity (Wildman–Crippen MR) is 140 cm³/mol. The molecule has 0 aliphatic carbocycles. The van der Waals surface area contributed by atoms with Crippen LogP contribution >= 0.6 is 11.3 Å². The molecule has 0 saturated carbocycles. The van der Waals surface area contributed by atoms with Gasteiger partial charge in [0.15, 0.2) is 16.5 Å². The number of nitrogens with zero attached hydrogens (tertiary/aromatic N) is 6. The van der Waals surface area contributed by atoms with E-state index in [1.54, 1.807) is 23.9 Å². The van der Waals surface area contributed by atoms with Crippen LogP contribution in [0.3, 0.4) is 0 Å². The smallest absolute Gasteiger partial charge is 0.278 e. The Labute approximate surface area is 226 Å². The monoisotopic (exact) mass is 580 g/mol. The Bertz CT molecular complexity index is 1630. The first kappa shape index (κ1) is 27.1. The van der Waals surface area contributed by atoms with E-state index in [1.807, 2.05) is 0 Å². The lowest BCUT2D eigenvalue weighted by molar-refractivity contribution is 0.00990. The summed E-state index contributed by atoms with van der Waals surface area (Å²) in [5.41, 5.74) is -1.71. The summed E-state index contributed by atoms with van der Waals surface area (Å²) in [5.74, 6) is -2.72. The Morgan fingerprint density at radius 2 is 1.85 bits per heavy atom. The van der Waals surface area contributed by atoms with Gasteiger partial charge in [0.25, 0.3) is 5.91 Å². The quantitative estimate of drug-likeness (QED) is 0.483. The van der Waals surface area contributed by atoms with Crippen molar-refractivity contribution in [3.05, 3.63) is 62.5 Å². The van der Waals surface area contributed by atoms with Crippen molar-refractivity contribution in [2.24, 2.45) is 0 Å². The van der Waals surface area contributed by atoms with Crippen molar-refractivity contribution in [1.29, 1.82) is 0 Å². The van der Waals surface area contributed by atoms with Crippen molar-refractivity contribution >= 4 is 27.3 Å². The van der Waals surface area contributed by atoms with Gasteiger partial charge >= 0.3 is 0 Å². The first-order valence-corrected chi connectivity index (χ1v) is 14.8. The number of carbonyl (C=O) groups is 1. The number of rotatable bonds is 5. The van der Waals surface area contributed by atoms with Gasteiger partial charge in [-0.1, -0.05) is 17.4 Å². The highest BCUT2D eigenvalue weighted by Crippen LogP contribution is 2.38. The minimum absolute atomic E-state index is 0.00658. The van der Waals surface area contributed by atoms with E-state index in [0.717, 1.165) is 29.7 Å². The van der Waals surface area contributed by atoms with E-state index in [1.165, 1.54) is 21.2 Å². The van der Waals surface area contributed by atoms with Gasteiger partial charge in [-0.25, -0.2) is 21.5 Å². The van der Waals surface area contributed by atoms with Gasteiger partial charge < -0.3 is 10.0 Å². The van der Waals surface area contributed by atoms with E-state index in [2.05, 4.69) is 10.2 Å². The van der Waals surface area contributed by atoms with Gasteiger partial charge in [0.1, 0.15) is 22.3 Å². The van der Waals surface area contributed by atoms with Crippen molar-refractivity contribution in [3.63, 3.8) is 0 Å². The number of carbonyl (C=O) groups excluding carboxylic acids is 1. The van der Waals surface area contributed by atoms with Crippen molar-refractivity contribution in [2.75, 3.05) is 37.9 Å². The van der Waals surface area contributed by atoms with Crippen LogP contribution in [-0.2, 0) is 16.4 Å². The molecule has 1 aromatic carbocycles. The normalized spacial score (nSPS) is 17.6. The molecule has 11 nitrogen and oxygen atoms in total. The van der Waals surface area contributed by atoms with Gasteiger partial charge in [0.05, 0.1) is 11.8 Å². The summed E-state index contributed by atoms with van der Waals surface area (Å²) in [6.45, 7) is 2.45. The molecule has 208 valence electrons. The van der Waals surface area contributed by atoms with Gasteiger partial charge in [-0.15, -0.1) is 10.2 Å². The number of hydrogen-bond acceptors (Lipinski definition) is 9. The molecule has 1 saturated heterocycles. The first-order valence-electron chi connectivity index (χ1n) is 12.1. The predicted octanol–water partition coefficient (Wildman–Crippen LogP) is 1.74. The average molecular weight is 581 g/mol. The van der Waals surface area contributed by atoms with E-state index in [4.69, 9.17) is 0 Å². The SMILES string of the molecule is CCN1C(=O)c2c(O)c(=O)c(-c3nnc(Cc4ccc(F)cc4F)s3)cn2N(C)C12CCN(S(C)(=O)=O)CC2. The van der Waals surface area contributed by atoms with Gasteiger partial charge in [0, 0.05) is 58.2 Å². The Morgan fingerprint density at radius 1 is 1.15 bits per heavy atom. The third kappa shape index (κ3) is 4.47. The summed E-state index contributed by atoms with van der Waals surface area (Å²) in [6.07, 6.45) is 3.19. The number of pyridine rings is 1. The summed E-state index contributed by atoms with van der Waals surface area (Å²) in [4.78, 5) is 28.3. The van der Waals surface area contributed by atoms with Crippen LogP contribution in [0.2, 0.25) is 0 Å². The molecule has 2 aromatic heterocycles. The summed E-state index contributed by atoms with van der Waals surface area (Å²) >= 11 is 1.01. The molecule has 5 rings (SSSR count). The van der Waals surface area contributed by atoms with Crippen LogP contribution in [-0.4, -0.2) is 82.1 Å². The first-order chi connectivity index (χ1) is 18.4. The second kappa shape index (κ2) is 9.64. The van der Waals surface area contributed by atoms with Crippen LogP contribution < -0.4 is 10.4 Å². The molecule has 1 N–H and O–H groups in total. The molecule has 1 spiro atoms. The van der Waals surface area contributed by atoms with E-state index in [-0.39, 0.29) is 47.9 Å². The second-order valence-electron chi connectivity index (χ2n) is 9.54. The molecule has 4 heterocycles. The fraction of sp³-hybridized carbons (Fsp3) is 0.417. The van der Waals surface area contributed by atoms with Gasteiger partial charge in [-0.3, -0.25) is 19.3 Å². The average Bonchev–Trinajstić information content (AvgIpc) is 3.34. The Kier molecular flexibility index (Phi) is 6.71. The highest BCUT2D eigenvalue weighted by Gasteiger charge is 2.51. The molecule has 1 amide bonds. The largest absolute Gasteiger partial charge is 0.502 e. The number of hydrogen-bond donors (Lipinski definition) is 1. The molecule has 2 aliphatic heterocycles. The van der Waals surface area contributed by atoms with Crippen LogP contribution in [0.1, 0.15) is 40.8 Å². The summed E-state index contributed by atoms with van der Waals surface area (Å²) in [5, 5.41) is 21.3. The maximum Gasteiger partial charge on any atom is 0.278 e. The zero-order valence-electron chi connectivity index (χ0n) is 21.4. The zero-order valence-corrected chi connectivity index (χ0v) is 23.0. The number of fused-ring (bicyclic) bond motifs is 1. The number of aromatic nitrogens is 3. The molecule has 3 aromatic rings. The van der Waals surface area contributed by atoms with Crippen molar-refractivity contribution in [2.45, 2.75) is 31.8 Å². The van der Waals surface area contributed by atoms with Crippen molar-refractivity contribution in [1.82, 2.24) is 24.1 Å². The van der Waals surface area contributed by atoms with Crippen LogP contribution in [0.25, 0.3) is 10.6 Å². The molecular formula is C24H26F2N6O5S2. The van der Waals surface area contributed by atoms with Crippen LogP contribution in [0.15, 0.2) is 29.2 Å². The van der Waals surface area contributed by atoms with E-state index in [9.17, 15) is 31.9 Å². The highest BCUT2D eigenvalue weighted by molar-refractivity contribution is 7.88. The van der Waals surface area contributed by atoms with Gasteiger partial charge in [0.2, 0.25) is 15.5 Å². The molecule has 0 bridgehead atoms. The summed E-state index contributed by atoms with van der Waals surface area (Å²) in [7, 11) is -1.70. The lowest BCUT2D eigenvalue weighted by atomic mass is 9.93. The number of benzene rings is 1. The number of aromatic hydroxyl groups is 1. The Hall–Kier alpha value is -3.43. The van der Waals surface area contributed by atoms with Crippen LogP contribution in [0.5, 0.6) is 5.75 Å². The highest BCUT2D eigenvalue weighted by atomic mass is 32.2. The van der Waals surface area contributed by atoms with E-state index in [0.29, 0.717) is 17.8 Å². The van der Waals surface area contributed by atoms with Crippen molar-refractivity contribution in [3.8, 4) is 16.3 Å². The lowest BCUT2D eigenvalue weighted by Gasteiger charge is -2.56. The van der Waals surface area contributed by atoms with Crippen LogP contribution in [0.4, 0.5) is 8.78 Å². The molecule has 0 unspecified atom stereocenters. The molecular weight excluding hydrogens is 554 g/mol. The Balaban J connectivity index is 1.54. The molecule has 39 heavy (non-hydrogen) atoms. The maximum atomic E-state index is 14.1. The number of sulfonamides is 1. The minimum atomic E-state index is -3.41. The fourth-order valence-electron chi connectivity index (χ4n) is 5.34. The topological polar surface area (TPSA) is 129 Å². The standard InChI is InChI=1S/C24H26F2N6O5S2/c1-4-31-23(35)19-21(34)20(33)16(22-28-27-18(38-22)11-14-5-6-15(25)12-17(14)26)13-32(19)29(2)24(31)7-9-30(10-8-24)39(3,36)37/h5-6,12-13,34H,4,7-11H2,1-3H3. The number of halogens is 2. The molecule has 15 heteroatoms. The summed E-state index contributed by atoms with van der Waals surface area (Å²) in [6, 6.07) is 3.21. The molecule has 0 atom stereocenters. The molecule has 2 aliphatic rings. The van der Waals surface area contributed by atoms with E-state index >= 15 is 0 Å². The fourth-order valence-corrected chi connectivity index (χ4v) is 7.05. The number of amides is 1. The number of piperidine rings is 1. The molecule has 0 radical (unpaired) electrons. The third-order valence-electron chi connectivity index (χ3n) is 7.40. The lowest BCUT2D eigenvalue weighted by Crippen LogP contribution is -2.72.